The van der Waals surface area contributed by atoms with E-state index in [1.54, 1.807) is 4.68 Å². The molecule has 1 aromatic rings. The zero-order valence-electron chi connectivity index (χ0n) is 11.3. The number of unbranched alkanes of at least 4 members (excludes halogenated alkanes) is 1. The van der Waals surface area contributed by atoms with Gasteiger partial charge in [-0.05, 0) is 33.2 Å². The van der Waals surface area contributed by atoms with Gasteiger partial charge in [-0.15, -0.1) is 5.10 Å². The van der Waals surface area contributed by atoms with Gasteiger partial charge in [0.05, 0.1) is 24.9 Å². The Bertz CT molecular complexity index is 315. The van der Waals surface area contributed by atoms with Crippen LogP contribution in [0, 0.1) is 0 Å². The van der Waals surface area contributed by atoms with Gasteiger partial charge in [0.15, 0.2) is 0 Å². The summed E-state index contributed by atoms with van der Waals surface area (Å²) < 4.78 is 7.11. The molecule has 0 spiro atoms. The highest BCUT2D eigenvalue weighted by molar-refractivity contribution is 4.91. The zero-order chi connectivity index (χ0) is 13.2. The van der Waals surface area contributed by atoms with Crippen molar-refractivity contribution in [2.45, 2.75) is 45.9 Å². The second-order valence-corrected chi connectivity index (χ2v) is 4.50. The van der Waals surface area contributed by atoms with Crippen LogP contribution in [-0.2, 0) is 17.8 Å². The first kappa shape index (κ1) is 15.1. The Morgan fingerprint density at radius 1 is 1.44 bits per heavy atom. The third-order valence-corrected chi connectivity index (χ3v) is 2.42. The van der Waals surface area contributed by atoms with Crippen molar-refractivity contribution < 1.29 is 9.84 Å². The molecule has 0 aliphatic heterocycles. The minimum atomic E-state index is 0.0894. The normalized spacial score (nSPS) is 11.3. The van der Waals surface area contributed by atoms with Crippen molar-refractivity contribution in [2.75, 3.05) is 19.8 Å². The van der Waals surface area contributed by atoms with Crippen LogP contribution in [0.1, 0.15) is 32.4 Å². The van der Waals surface area contributed by atoms with Crippen molar-refractivity contribution in [2.24, 2.45) is 0 Å². The number of hydrogen-bond acceptors (Lipinski definition) is 5. The van der Waals surface area contributed by atoms with Gasteiger partial charge in [-0.1, -0.05) is 5.21 Å². The topological polar surface area (TPSA) is 72.2 Å². The highest BCUT2D eigenvalue weighted by Crippen LogP contribution is 1.95. The Kier molecular flexibility index (Phi) is 7.55. The van der Waals surface area contributed by atoms with E-state index in [9.17, 15) is 0 Å². The molecule has 0 unspecified atom stereocenters. The van der Waals surface area contributed by atoms with Gasteiger partial charge in [0, 0.05) is 19.3 Å². The van der Waals surface area contributed by atoms with Crippen LogP contribution in [0.3, 0.4) is 0 Å². The average Bonchev–Trinajstić information content (AvgIpc) is 2.76. The Balaban J connectivity index is 2.00. The molecule has 0 saturated heterocycles. The smallest absolute Gasteiger partial charge is 0.0964 e. The number of hydrogen-bond donors (Lipinski definition) is 2. The number of nitrogens with zero attached hydrogens (tertiary/aromatic N) is 3. The lowest BCUT2D eigenvalue weighted by Gasteiger charge is -2.07. The first-order chi connectivity index (χ1) is 8.72. The molecule has 0 amide bonds. The average molecular weight is 256 g/mol. The molecule has 0 bridgehead atoms. The molecule has 1 aromatic heterocycles. The van der Waals surface area contributed by atoms with Gasteiger partial charge in [0.1, 0.15) is 0 Å². The van der Waals surface area contributed by atoms with Crippen molar-refractivity contribution in [3.63, 3.8) is 0 Å². The Labute approximate surface area is 108 Å². The quantitative estimate of drug-likeness (QED) is 0.599. The first-order valence-electron chi connectivity index (χ1n) is 6.54. The number of ether oxygens (including phenoxy) is 1. The predicted octanol–water partition coefficient (Wildman–Crippen LogP) is 0.565. The standard InChI is InChI=1S/C12H24N4O2/c1-11(2)18-8-4-3-5-13-9-12-10-16(6-7-17)15-14-12/h10-11,13,17H,3-9H2,1-2H3. The second-order valence-electron chi connectivity index (χ2n) is 4.50. The van der Waals surface area contributed by atoms with E-state index < -0.39 is 0 Å². The van der Waals surface area contributed by atoms with Crippen molar-refractivity contribution in [3.8, 4) is 0 Å². The van der Waals surface area contributed by atoms with Gasteiger partial charge >= 0.3 is 0 Å². The largest absolute Gasteiger partial charge is 0.394 e. The highest BCUT2D eigenvalue weighted by Gasteiger charge is 1.99. The van der Waals surface area contributed by atoms with Gasteiger partial charge in [0.2, 0.25) is 0 Å². The summed E-state index contributed by atoms with van der Waals surface area (Å²) in [6, 6.07) is 0. The highest BCUT2D eigenvalue weighted by atomic mass is 16.5. The number of aromatic nitrogens is 3. The van der Waals surface area contributed by atoms with E-state index in [0.29, 0.717) is 12.6 Å². The van der Waals surface area contributed by atoms with Crippen molar-refractivity contribution in [1.29, 1.82) is 0 Å². The lowest BCUT2D eigenvalue weighted by molar-refractivity contribution is 0.0760. The van der Waals surface area contributed by atoms with Crippen molar-refractivity contribution >= 4 is 0 Å². The van der Waals surface area contributed by atoms with E-state index in [1.165, 1.54) is 0 Å². The summed E-state index contributed by atoms with van der Waals surface area (Å²) in [5.41, 5.74) is 0.905. The monoisotopic (exact) mass is 256 g/mol. The van der Waals surface area contributed by atoms with Crippen LogP contribution in [0.5, 0.6) is 0 Å². The lowest BCUT2D eigenvalue weighted by Crippen LogP contribution is -2.16. The Morgan fingerprint density at radius 3 is 3.00 bits per heavy atom. The summed E-state index contributed by atoms with van der Waals surface area (Å²) in [6.07, 6.45) is 4.34. The molecule has 0 aliphatic carbocycles. The summed E-state index contributed by atoms with van der Waals surface area (Å²) in [6.45, 7) is 7.18. The Morgan fingerprint density at radius 2 is 2.28 bits per heavy atom. The summed E-state index contributed by atoms with van der Waals surface area (Å²) >= 11 is 0. The maximum Gasteiger partial charge on any atom is 0.0964 e. The molecule has 0 saturated carbocycles. The predicted molar refractivity (Wildman–Crippen MR) is 69.1 cm³/mol. The molecule has 2 N–H and O–H groups in total. The molecule has 6 heteroatoms. The third-order valence-electron chi connectivity index (χ3n) is 2.42. The van der Waals surface area contributed by atoms with E-state index in [4.69, 9.17) is 9.84 Å². The number of aliphatic hydroxyl groups is 1. The third kappa shape index (κ3) is 6.68. The first-order valence-corrected chi connectivity index (χ1v) is 6.54. The molecule has 18 heavy (non-hydrogen) atoms. The van der Waals surface area contributed by atoms with E-state index in [1.807, 2.05) is 20.0 Å². The molecule has 0 radical (unpaired) electrons. The van der Waals surface area contributed by atoms with Crippen LogP contribution in [0.2, 0.25) is 0 Å². The molecule has 1 rings (SSSR count). The van der Waals surface area contributed by atoms with Crippen molar-refractivity contribution in [3.05, 3.63) is 11.9 Å². The Hall–Kier alpha value is -0.980. The van der Waals surface area contributed by atoms with Crippen LogP contribution < -0.4 is 5.32 Å². The van der Waals surface area contributed by atoms with Gasteiger partial charge < -0.3 is 15.2 Å². The fourth-order valence-corrected chi connectivity index (χ4v) is 1.52. The van der Waals surface area contributed by atoms with Crippen LogP contribution in [0.15, 0.2) is 6.20 Å². The van der Waals surface area contributed by atoms with Crippen molar-refractivity contribution in [1.82, 2.24) is 20.3 Å². The van der Waals surface area contributed by atoms with Crippen LogP contribution in [0.25, 0.3) is 0 Å². The maximum atomic E-state index is 8.75. The van der Waals surface area contributed by atoms with Gasteiger partial charge in [-0.3, -0.25) is 0 Å². The molecule has 6 nitrogen and oxygen atoms in total. The molecule has 0 atom stereocenters. The lowest BCUT2D eigenvalue weighted by atomic mass is 10.3. The second kappa shape index (κ2) is 9.02. The van der Waals surface area contributed by atoms with Gasteiger partial charge in [-0.2, -0.15) is 0 Å². The minimum Gasteiger partial charge on any atom is -0.394 e. The SMILES string of the molecule is CC(C)OCCCCNCc1cn(CCO)nn1. The molecular weight excluding hydrogens is 232 g/mol. The molecule has 0 fully saturated rings. The molecule has 0 aliphatic rings. The minimum absolute atomic E-state index is 0.0894. The van der Waals surface area contributed by atoms with E-state index in [-0.39, 0.29) is 6.61 Å². The van der Waals surface area contributed by atoms with Gasteiger partial charge in [0.25, 0.3) is 0 Å². The summed E-state index contributed by atoms with van der Waals surface area (Å²) in [5, 5.41) is 20.0. The van der Waals surface area contributed by atoms with Crippen LogP contribution >= 0.6 is 0 Å². The van der Waals surface area contributed by atoms with Crippen LogP contribution in [0.4, 0.5) is 0 Å². The summed E-state index contributed by atoms with van der Waals surface area (Å²) in [7, 11) is 0. The van der Waals surface area contributed by atoms with Crippen LogP contribution in [-0.4, -0.2) is 46.0 Å². The zero-order valence-corrected chi connectivity index (χ0v) is 11.3. The summed E-state index contributed by atoms with van der Waals surface area (Å²) in [5.74, 6) is 0. The van der Waals surface area contributed by atoms with Gasteiger partial charge in [-0.25, -0.2) is 4.68 Å². The molecule has 0 aromatic carbocycles. The van der Waals surface area contributed by atoms with E-state index in [0.717, 1.165) is 38.2 Å². The summed E-state index contributed by atoms with van der Waals surface area (Å²) in [4.78, 5) is 0. The molecule has 1 heterocycles. The number of rotatable bonds is 10. The fourth-order valence-electron chi connectivity index (χ4n) is 1.52. The molecule has 104 valence electrons. The molecular formula is C12H24N4O2. The number of aliphatic hydroxyl groups excluding tert-OH is 1. The fraction of sp³-hybridized carbons (Fsp3) is 0.833. The maximum absolute atomic E-state index is 8.75. The van der Waals surface area contributed by atoms with E-state index in [2.05, 4.69) is 15.6 Å². The van der Waals surface area contributed by atoms with E-state index >= 15 is 0 Å². The number of nitrogens with one attached hydrogen (secondary N) is 1.